The molecule has 2 fully saturated rings. The Morgan fingerprint density at radius 3 is 2.65 bits per heavy atom. The van der Waals surface area contributed by atoms with Crippen LogP contribution < -0.4 is 0 Å². The van der Waals surface area contributed by atoms with E-state index in [2.05, 4.69) is 0 Å². The smallest absolute Gasteiger partial charge is 0.311 e. The third-order valence-corrected chi connectivity index (χ3v) is 7.85. The molecule has 1 aromatic carbocycles. The molecule has 3 aromatic rings. The highest BCUT2D eigenvalue weighted by Gasteiger charge is 2.45. The Labute approximate surface area is 232 Å². The normalized spacial score (nSPS) is 23.4. The number of fused-ring (bicyclic) bond motifs is 1. The van der Waals surface area contributed by atoms with Gasteiger partial charge in [-0.25, -0.2) is 5.01 Å². The number of ether oxygens (including phenoxy) is 1. The summed E-state index contributed by atoms with van der Waals surface area (Å²) in [7, 11) is 0. The zero-order valence-corrected chi connectivity index (χ0v) is 22.1. The van der Waals surface area contributed by atoms with Crippen LogP contribution in [0, 0.1) is 11.8 Å². The van der Waals surface area contributed by atoms with E-state index in [9.17, 15) is 14.4 Å². The molecule has 0 spiro atoms. The number of nitrogens with zero attached hydrogens (tertiary/aromatic N) is 3. The lowest BCUT2D eigenvalue weighted by molar-refractivity contribution is -0.156. The molecule has 40 heavy (non-hydrogen) atoms. The first-order valence-electron chi connectivity index (χ1n) is 13.7. The van der Waals surface area contributed by atoms with Crippen LogP contribution in [-0.2, 0) is 25.5 Å². The molecule has 1 aliphatic carbocycles. The molecule has 9 heteroatoms. The number of rotatable bonds is 8. The minimum Gasteiger partial charge on any atom is -0.467 e. The van der Waals surface area contributed by atoms with Gasteiger partial charge in [0.25, 0.3) is 5.91 Å². The van der Waals surface area contributed by atoms with Crippen LogP contribution in [0.2, 0.25) is 0 Å². The predicted molar refractivity (Wildman–Crippen MR) is 146 cm³/mol. The summed E-state index contributed by atoms with van der Waals surface area (Å²) in [6.45, 7) is 0.380. The predicted octanol–water partition coefficient (Wildman–Crippen LogP) is 4.63. The molecule has 0 bridgehead atoms. The fourth-order valence-electron chi connectivity index (χ4n) is 5.86. The molecule has 9 nitrogen and oxygen atoms in total. The van der Waals surface area contributed by atoms with Crippen LogP contribution in [0.5, 0.6) is 0 Å². The highest BCUT2D eigenvalue weighted by Crippen LogP contribution is 2.44. The summed E-state index contributed by atoms with van der Waals surface area (Å²) < 4.78 is 16.7. The summed E-state index contributed by atoms with van der Waals surface area (Å²) >= 11 is 0. The van der Waals surface area contributed by atoms with E-state index in [-0.39, 0.29) is 18.2 Å². The van der Waals surface area contributed by atoms with Crippen molar-refractivity contribution < 1.29 is 28.0 Å². The second-order valence-electron chi connectivity index (χ2n) is 10.5. The molecular formula is C31H31N3O6. The molecule has 3 atom stereocenters. The fraction of sp³-hybridized carbons (Fsp3) is 0.355. The van der Waals surface area contributed by atoms with E-state index in [0.29, 0.717) is 25.3 Å². The lowest BCUT2D eigenvalue weighted by Gasteiger charge is -2.27. The van der Waals surface area contributed by atoms with E-state index in [0.717, 1.165) is 41.9 Å². The number of furan rings is 2. The Morgan fingerprint density at radius 2 is 1.88 bits per heavy atom. The van der Waals surface area contributed by atoms with Crippen LogP contribution in [0.15, 0.2) is 86.6 Å². The second kappa shape index (κ2) is 11.4. The second-order valence-corrected chi connectivity index (χ2v) is 10.5. The van der Waals surface area contributed by atoms with Crippen molar-refractivity contribution in [2.45, 2.75) is 38.1 Å². The van der Waals surface area contributed by atoms with Gasteiger partial charge in [0.05, 0.1) is 24.2 Å². The number of carbonyl (C=O) groups is 3. The van der Waals surface area contributed by atoms with Gasteiger partial charge in [-0.1, -0.05) is 30.3 Å². The van der Waals surface area contributed by atoms with Crippen molar-refractivity contribution in [3.8, 4) is 0 Å². The number of allylic oxidation sites excluding steroid dienone is 1. The van der Waals surface area contributed by atoms with Gasteiger partial charge < -0.3 is 18.5 Å². The molecule has 0 N–H and O–H groups in total. The number of hydrogen-bond acceptors (Lipinski definition) is 7. The van der Waals surface area contributed by atoms with Crippen LogP contribution in [0.25, 0.3) is 6.08 Å². The summed E-state index contributed by atoms with van der Waals surface area (Å²) in [6, 6.07) is 16.8. The van der Waals surface area contributed by atoms with Crippen molar-refractivity contribution in [1.82, 2.24) is 9.91 Å². The van der Waals surface area contributed by atoms with Gasteiger partial charge in [0, 0.05) is 25.4 Å². The molecule has 1 saturated heterocycles. The number of hydrazone groups is 1. The SMILES string of the molecule is O=C(OCC(=O)N1N=C2/C(=C\c3ccco3)CCCC2C1c1ccco1)C1CC(=O)N(CCc2ccccc2)C1. The third kappa shape index (κ3) is 5.36. The average molecular weight is 542 g/mol. The van der Waals surface area contributed by atoms with Crippen LogP contribution in [0.1, 0.15) is 48.8 Å². The van der Waals surface area contributed by atoms with Crippen molar-refractivity contribution in [2.75, 3.05) is 19.7 Å². The average Bonchev–Trinajstić information content (AvgIpc) is 3.78. The Morgan fingerprint density at radius 1 is 1.05 bits per heavy atom. The van der Waals surface area contributed by atoms with E-state index in [1.807, 2.05) is 54.6 Å². The Bertz CT molecular complexity index is 1410. The first-order valence-corrected chi connectivity index (χ1v) is 13.7. The van der Waals surface area contributed by atoms with Crippen molar-refractivity contribution in [2.24, 2.45) is 16.9 Å². The van der Waals surface area contributed by atoms with Gasteiger partial charge >= 0.3 is 5.97 Å². The molecule has 3 unspecified atom stereocenters. The van der Waals surface area contributed by atoms with E-state index in [1.54, 1.807) is 23.5 Å². The third-order valence-electron chi connectivity index (χ3n) is 7.85. The summed E-state index contributed by atoms with van der Waals surface area (Å²) in [4.78, 5) is 40.5. The molecule has 2 aliphatic heterocycles. The van der Waals surface area contributed by atoms with Crippen LogP contribution in [0.3, 0.4) is 0 Å². The van der Waals surface area contributed by atoms with Crippen molar-refractivity contribution in [1.29, 1.82) is 0 Å². The van der Waals surface area contributed by atoms with Gasteiger partial charge in [-0.3, -0.25) is 14.4 Å². The van der Waals surface area contributed by atoms with Gasteiger partial charge in [0.2, 0.25) is 5.91 Å². The van der Waals surface area contributed by atoms with Gasteiger partial charge in [-0.15, -0.1) is 0 Å². The molecule has 2 amide bonds. The van der Waals surface area contributed by atoms with Crippen molar-refractivity contribution in [3.63, 3.8) is 0 Å². The van der Waals surface area contributed by atoms with E-state index in [4.69, 9.17) is 18.7 Å². The fourth-order valence-corrected chi connectivity index (χ4v) is 5.86. The Hall–Kier alpha value is -4.40. The molecule has 6 rings (SSSR count). The lowest BCUT2D eigenvalue weighted by atomic mass is 9.79. The highest BCUT2D eigenvalue weighted by atomic mass is 16.5. The maximum Gasteiger partial charge on any atom is 0.311 e. The maximum absolute atomic E-state index is 13.4. The van der Waals surface area contributed by atoms with Gasteiger partial charge in [-0.05, 0) is 67.2 Å². The number of hydrogen-bond donors (Lipinski definition) is 0. The number of benzene rings is 1. The van der Waals surface area contributed by atoms with Gasteiger partial charge in [0.1, 0.15) is 17.6 Å². The molecule has 2 aromatic heterocycles. The monoisotopic (exact) mass is 541 g/mol. The zero-order chi connectivity index (χ0) is 27.5. The molecule has 1 saturated carbocycles. The zero-order valence-electron chi connectivity index (χ0n) is 22.1. The molecule has 4 heterocycles. The molecule has 206 valence electrons. The number of carbonyl (C=O) groups excluding carboxylic acids is 3. The first kappa shape index (κ1) is 25.9. The minimum absolute atomic E-state index is 0.0357. The summed E-state index contributed by atoms with van der Waals surface area (Å²) in [5, 5.41) is 6.14. The largest absolute Gasteiger partial charge is 0.467 e. The molecular weight excluding hydrogens is 510 g/mol. The van der Waals surface area contributed by atoms with Crippen LogP contribution in [0.4, 0.5) is 0 Å². The van der Waals surface area contributed by atoms with Crippen molar-refractivity contribution >= 4 is 29.6 Å². The number of amides is 2. The first-order chi connectivity index (χ1) is 19.6. The minimum atomic E-state index is -0.591. The van der Waals surface area contributed by atoms with E-state index in [1.165, 1.54) is 5.01 Å². The lowest BCUT2D eigenvalue weighted by Crippen LogP contribution is -2.35. The summed E-state index contributed by atoms with van der Waals surface area (Å²) in [5.74, 6) is -0.305. The van der Waals surface area contributed by atoms with Gasteiger partial charge in [0.15, 0.2) is 6.61 Å². The highest BCUT2D eigenvalue weighted by molar-refractivity contribution is 6.08. The summed E-state index contributed by atoms with van der Waals surface area (Å²) in [5.41, 5.74) is 2.99. The number of esters is 1. The molecule has 3 aliphatic rings. The van der Waals surface area contributed by atoms with Gasteiger partial charge in [-0.2, -0.15) is 5.10 Å². The van der Waals surface area contributed by atoms with Crippen LogP contribution >= 0.6 is 0 Å². The standard InChI is InChI=1S/C31H31N3O6/c35-27-18-23(19-33(27)14-13-21-7-2-1-3-8-21)31(37)40-20-28(36)34-30(26-12-6-16-39-26)25-11-4-9-22(29(25)32-34)17-24-10-5-15-38-24/h1-3,5-8,10,12,15-17,23,25,30H,4,9,11,13-14,18-20H2/b22-17-. The van der Waals surface area contributed by atoms with E-state index >= 15 is 0 Å². The quantitative estimate of drug-likeness (QED) is 0.385. The molecule has 0 radical (unpaired) electrons. The van der Waals surface area contributed by atoms with Crippen LogP contribution in [-0.4, -0.2) is 53.1 Å². The topological polar surface area (TPSA) is 106 Å². The Balaban J connectivity index is 1.11. The van der Waals surface area contributed by atoms with E-state index < -0.39 is 30.4 Å². The van der Waals surface area contributed by atoms with Crippen molar-refractivity contribution in [3.05, 3.63) is 89.8 Å². The maximum atomic E-state index is 13.4. The number of likely N-dealkylation sites (tertiary alicyclic amines) is 1. The Kier molecular flexibility index (Phi) is 7.35. The summed E-state index contributed by atoms with van der Waals surface area (Å²) in [6.07, 6.45) is 8.61.